The lowest BCUT2D eigenvalue weighted by Crippen LogP contribution is -2.54. The third kappa shape index (κ3) is 2.90. The molecule has 0 bridgehead atoms. The fraction of sp³-hybridized carbons (Fsp3) is 0.385. The molecule has 1 aromatic carbocycles. The van der Waals surface area contributed by atoms with Crippen LogP contribution in [0.25, 0.3) is 0 Å². The van der Waals surface area contributed by atoms with Crippen LogP contribution in [0.3, 0.4) is 0 Å². The number of phenolic OH excluding ortho intramolecular Hbond substituents is 1. The summed E-state index contributed by atoms with van der Waals surface area (Å²) >= 11 is 8.27. The first-order valence-corrected chi connectivity index (χ1v) is 7.26. The van der Waals surface area contributed by atoms with Crippen molar-refractivity contribution in [2.24, 2.45) is 5.73 Å². The predicted molar refractivity (Wildman–Crippen MR) is 81.3 cm³/mol. The van der Waals surface area contributed by atoms with Crippen LogP contribution in [0.4, 0.5) is 0 Å². The Labute approximate surface area is 125 Å². The molecule has 4 N–H and O–H groups in total. The summed E-state index contributed by atoms with van der Waals surface area (Å²) in [5.74, 6) is -0.235. The van der Waals surface area contributed by atoms with E-state index in [0.717, 1.165) is 25.7 Å². The first-order chi connectivity index (χ1) is 8.94. The third-order valence-corrected chi connectivity index (χ3v) is 4.55. The lowest BCUT2D eigenvalue weighted by molar-refractivity contribution is 0.0924. The van der Waals surface area contributed by atoms with E-state index in [1.807, 2.05) is 0 Å². The quantitative estimate of drug-likeness (QED) is 0.737. The molecule has 1 aromatic rings. The summed E-state index contributed by atoms with van der Waals surface area (Å²) in [5, 5.41) is 12.5. The van der Waals surface area contributed by atoms with Gasteiger partial charge in [0.1, 0.15) is 5.75 Å². The largest absolute Gasteiger partial charge is 0.507 e. The Balaban J connectivity index is 2.20. The Kier molecular flexibility index (Phi) is 4.10. The molecule has 19 heavy (non-hydrogen) atoms. The van der Waals surface area contributed by atoms with E-state index in [1.165, 1.54) is 6.07 Å². The minimum atomic E-state index is -0.574. The number of phenols is 1. The van der Waals surface area contributed by atoms with Gasteiger partial charge in [0.25, 0.3) is 5.91 Å². The molecule has 0 radical (unpaired) electrons. The maximum absolute atomic E-state index is 12.2. The van der Waals surface area contributed by atoms with Crippen LogP contribution < -0.4 is 11.1 Å². The zero-order valence-electron chi connectivity index (χ0n) is 10.3. The minimum Gasteiger partial charge on any atom is -0.507 e. The Morgan fingerprint density at radius 2 is 2.05 bits per heavy atom. The van der Waals surface area contributed by atoms with Gasteiger partial charge in [-0.1, -0.05) is 25.1 Å². The zero-order chi connectivity index (χ0) is 14.0. The molecule has 2 rings (SSSR count). The molecule has 6 heteroatoms. The van der Waals surface area contributed by atoms with Gasteiger partial charge >= 0.3 is 0 Å². The maximum atomic E-state index is 12.2. The van der Waals surface area contributed by atoms with Crippen LogP contribution in [0.1, 0.15) is 36.0 Å². The number of benzene rings is 1. The number of halogens is 1. The van der Waals surface area contributed by atoms with E-state index >= 15 is 0 Å². The Bertz CT molecular complexity index is 527. The molecule has 0 unspecified atom stereocenters. The Morgan fingerprint density at radius 3 is 2.58 bits per heavy atom. The summed E-state index contributed by atoms with van der Waals surface area (Å²) in [6, 6.07) is 4.69. The molecule has 1 fully saturated rings. The molecule has 0 aliphatic heterocycles. The number of thiocarbonyl (C=S) groups is 1. The van der Waals surface area contributed by atoms with E-state index in [2.05, 4.69) is 21.2 Å². The number of carbonyl (C=O) groups excluding carboxylic acids is 1. The van der Waals surface area contributed by atoms with Crippen molar-refractivity contribution in [2.45, 2.75) is 31.2 Å². The van der Waals surface area contributed by atoms with Crippen molar-refractivity contribution in [3.8, 4) is 5.75 Å². The van der Waals surface area contributed by atoms with E-state index in [-0.39, 0.29) is 11.7 Å². The fourth-order valence-electron chi connectivity index (χ4n) is 2.35. The van der Waals surface area contributed by atoms with Gasteiger partial charge in [0.05, 0.1) is 15.0 Å². The van der Waals surface area contributed by atoms with Crippen molar-refractivity contribution in [3.05, 3.63) is 28.2 Å². The smallest absolute Gasteiger partial charge is 0.252 e. The highest BCUT2D eigenvalue weighted by Gasteiger charge is 2.38. The molecule has 1 aliphatic rings. The number of nitrogens with two attached hydrogens (primary N) is 1. The van der Waals surface area contributed by atoms with E-state index in [4.69, 9.17) is 18.0 Å². The van der Waals surface area contributed by atoms with Crippen molar-refractivity contribution >= 4 is 39.0 Å². The van der Waals surface area contributed by atoms with Gasteiger partial charge in [0, 0.05) is 5.56 Å². The highest BCUT2D eigenvalue weighted by Crippen LogP contribution is 2.31. The van der Waals surface area contributed by atoms with E-state index in [1.54, 1.807) is 12.1 Å². The fourth-order valence-corrected chi connectivity index (χ4v) is 2.86. The van der Waals surface area contributed by atoms with Crippen LogP contribution in [-0.2, 0) is 0 Å². The lowest BCUT2D eigenvalue weighted by atomic mass is 9.97. The average Bonchev–Trinajstić information content (AvgIpc) is 2.82. The summed E-state index contributed by atoms with van der Waals surface area (Å²) in [6.07, 6.45) is 3.56. The van der Waals surface area contributed by atoms with Crippen LogP contribution in [0.5, 0.6) is 5.75 Å². The van der Waals surface area contributed by atoms with E-state index in [0.29, 0.717) is 15.0 Å². The number of hydrogen-bond acceptors (Lipinski definition) is 3. The van der Waals surface area contributed by atoms with Crippen LogP contribution >= 0.6 is 28.1 Å². The van der Waals surface area contributed by atoms with Gasteiger partial charge < -0.3 is 16.2 Å². The molecule has 0 heterocycles. The topological polar surface area (TPSA) is 75.3 Å². The molecule has 0 aromatic heterocycles. The first kappa shape index (κ1) is 14.3. The Morgan fingerprint density at radius 1 is 1.42 bits per heavy atom. The van der Waals surface area contributed by atoms with Gasteiger partial charge in [-0.2, -0.15) is 0 Å². The van der Waals surface area contributed by atoms with Gasteiger partial charge in [0.15, 0.2) is 0 Å². The van der Waals surface area contributed by atoms with Crippen molar-refractivity contribution in [1.82, 2.24) is 5.32 Å². The van der Waals surface area contributed by atoms with Crippen LogP contribution in [0.15, 0.2) is 22.7 Å². The van der Waals surface area contributed by atoms with Gasteiger partial charge in [-0.25, -0.2) is 0 Å². The second-order valence-electron chi connectivity index (χ2n) is 4.77. The summed E-state index contributed by atoms with van der Waals surface area (Å²) in [5.41, 5.74) is 5.59. The summed E-state index contributed by atoms with van der Waals surface area (Å²) in [4.78, 5) is 12.6. The summed E-state index contributed by atoms with van der Waals surface area (Å²) in [7, 11) is 0. The second kappa shape index (κ2) is 5.46. The molecule has 1 saturated carbocycles. The molecule has 4 nitrogen and oxygen atoms in total. The zero-order valence-corrected chi connectivity index (χ0v) is 12.7. The summed E-state index contributed by atoms with van der Waals surface area (Å²) < 4.78 is 0.550. The van der Waals surface area contributed by atoms with Crippen LogP contribution in [-0.4, -0.2) is 21.5 Å². The van der Waals surface area contributed by atoms with Gasteiger partial charge in [-0.3, -0.25) is 4.79 Å². The van der Waals surface area contributed by atoms with Gasteiger partial charge in [-0.05, 0) is 47.0 Å². The molecular formula is C13H15BrN2O2S. The molecule has 0 saturated heterocycles. The highest BCUT2D eigenvalue weighted by molar-refractivity contribution is 9.10. The number of aromatic hydroxyl groups is 1. The first-order valence-electron chi connectivity index (χ1n) is 6.05. The normalized spacial score (nSPS) is 17.1. The van der Waals surface area contributed by atoms with E-state index < -0.39 is 5.54 Å². The van der Waals surface area contributed by atoms with Crippen molar-refractivity contribution < 1.29 is 9.90 Å². The van der Waals surface area contributed by atoms with Crippen LogP contribution in [0.2, 0.25) is 0 Å². The summed E-state index contributed by atoms with van der Waals surface area (Å²) in [6.45, 7) is 0. The van der Waals surface area contributed by atoms with Crippen molar-refractivity contribution in [1.29, 1.82) is 0 Å². The molecule has 102 valence electrons. The number of carbonyl (C=O) groups is 1. The van der Waals surface area contributed by atoms with Gasteiger partial charge in [-0.15, -0.1) is 0 Å². The molecule has 1 amide bonds. The second-order valence-corrected chi connectivity index (χ2v) is 6.07. The standard InChI is InChI=1S/C13H15BrN2O2S/c14-9-4-3-8(7-10(9)17)11(18)16-13(12(15)19)5-1-2-6-13/h3-4,7,17H,1-2,5-6H2,(H2,15,19)(H,16,18). The highest BCUT2D eigenvalue weighted by atomic mass is 79.9. The number of hydrogen-bond donors (Lipinski definition) is 3. The predicted octanol–water partition coefficient (Wildman–Crippen LogP) is 2.48. The number of amides is 1. The molecule has 1 aliphatic carbocycles. The number of rotatable bonds is 3. The molecule has 0 atom stereocenters. The minimum absolute atomic E-state index is 0.0310. The maximum Gasteiger partial charge on any atom is 0.252 e. The van der Waals surface area contributed by atoms with E-state index in [9.17, 15) is 9.90 Å². The number of nitrogens with one attached hydrogen (secondary N) is 1. The molecule has 0 spiro atoms. The third-order valence-electron chi connectivity index (χ3n) is 3.49. The monoisotopic (exact) mass is 342 g/mol. The lowest BCUT2D eigenvalue weighted by Gasteiger charge is -2.29. The SMILES string of the molecule is NC(=S)C1(NC(=O)c2ccc(Br)c(O)c2)CCCC1. The van der Waals surface area contributed by atoms with Gasteiger partial charge in [0.2, 0.25) is 0 Å². The average molecular weight is 343 g/mol. The van der Waals surface area contributed by atoms with Crippen molar-refractivity contribution in [2.75, 3.05) is 0 Å². The van der Waals surface area contributed by atoms with Crippen molar-refractivity contribution in [3.63, 3.8) is 0 Å². The molecular weight excluding hydrogens is 328 g/mol. The Hall–Kier alpha value is -1.14. The van der Waals surface area contributed by atoms with Crippen LogP contribution in [0, 0.1) is 0 Å².